The highest BCUT2D eigenvalue weighted by molar-refractivity contribution is 5.88. The Morgan fingerprint density at radius 2 is 2.08 bits per heavy atom. The van der Waals surface area contributed by atoms with Gasteiger partial charge in [-0.3, -0.25) is 10.1 Å². The van der Waals surface area contributed by atoms with Crippen LogP contribution in [0.25, 0.3) is 0 Å². The number of halogens is 2. The molecule has 1 aliphatic heterocycles. The van der Waals surface area contributed by atoms with Crippen LogP contribution in [0.3, 0.4) is 0 Å². The number of rotatable bonds is 3. The van der Waals surface area contributed by atoms with Crippen LogP contribution in [0, 0.1) is 11.6 Å². The third-order valence-corrected chi connectivity index (χ3v) is 3.82. The van der Waals surface area contributed by atoms with Crippen LogP contribution in [0.1, 0.15) is 6.42 Å². The number of aryl methyl sites for hydroxylation is 1. The van der Waals surface area contributed by atoms with Crippen molar-refractivity contribution in [3.63, 3.8) is 0 Å². The molecule has 1 N–H and O–H groups in total. The molecule has 0 spiro atoms. The van der Waals surface area contributed by atoms with Gasteiger partial charge in [-0.25, -0.2) is 18.3 Å². The van der Waals surface area contributed by atoms with Crippen molar-refractivity contribution in [1.82, 2.24) is 14.7 Å². The maximum atomic E-state index is 13.2. The van der Waals surface area contributed by atoms with Crippen LogP contribution in [0.2, 0.25) is 0 Å². The smallest absolute Gasteiger partial charge is 0.323 e. The Bertz CT molecular complexity index is 856. The zero-order chi connectivity index (χ0) is 18.0. The van der Waals surface area contributed by atoms with Gasteiger partial charge in [0.25, 0.3) is 5.56 Å². The number of benzene rings is 1. The summed E-state index contributed by atoms with van der Waals surface area (Å²) in [7, 11) is 1.49. The number of hydrogen-bond donors (Lipinski definition) is 1. The number of likely N-dealkylation sites (tertiary alicyclic amines) is 1. The van der Waals surface area contributed by atoms with Gasteiger partial charge in [0.1, 0.15) is 11.9 Å². The minimum absolute atomic E-state index is 0.214. The Morgan fingerprint density at radius 3 is 2.80 bits per heavy atom. The lowest BCUT2D eigenvalue weighted by molar-refractivity contribution is 0.194. The van der Waals surface area contributed by atoms with E-state index in [1.54, 1.807) is 0 Å². The van der Waals surface area contributed by atoms with E-state index < -0.39 is 11.6 Å². The zero-order valence-corrected chi connectivity index (χ0v) is 13.4. The fraction of sp³-hybridized carbons (Fsp3) is 0.312. The molecule has 1 aliphatic rings. The van der Waals surface area contributed by atoms with Crippen LogP contribution in [0.15, 0.2) is 35.1 Å². The van der Waals surface area contributed by atoms with Gasteiger partial charge in [-0.1, -0.05) is 0 Å². The van der Waals surface area contributed by atoms with E-state index in [1.807, 2.05) is 0 Å². The van der Waals surface area contributed by atoms with E-state index in [9.17, 15) is 18.4 Å². The summed E-state index contributed by atoms with van der Waals surface area (Å²) in [6.45, 7) is 0.753. The molecule has 0 saturated carbocycles. The Balaban J connectivity index is 1.58. The standard InChI is InChI=1S/C16H16F2N4O3/c1-21-15(23)5-4-14(20-21)19-16(24)22-7-6-11(9-22)25-10-2-3-12(17)13(18)8-10/h2-5,8,11H,6-7,9H2,1H3,(H,19,20,24). The molecule has 25 heavy (non-hydrogen) atoms. The molecule has 2 aromatic rings. The normalized spacial score (nSPS) is 16.8. The highest BCUT2D eigenvalue weighted by Crippen LogP contribution is 2.21. The first kappa shape index (κ1) is 16.9. The fourth-order valence-electron chi connectivity index (χ4n) is 2.51. The van der Waals surface area contributed by atoms with Crippen molar-refractivity contribution in [1.29, 1.82) is 0 Å². The second kappa shape index (κ2) is 6.88. The Labute approximate surface area is 141 Å². The number of aromatic nitrogens is 2. The molecular formula is C16H16F2N4O3. The number of anilines is 1. The lowest BCUT2D eigenvalue weighted by atomic mass is 10.3. The Morgan fingerprint density at radius 1 is 1.28 bits per heavy atom. The second-order valence-electron chi connectivity index (χ2n) is 5.66. The molecule has 1 atom stereocenters. The van der Waals surface area contributed by atoms with Crippen LogP contribution < -0.4 is 15.6 Å². The van der Waals surface area contributed by atoms with E-state index >= 15 is 0 Å². The van der Waals surface area contributed by atoms with Gasteiger partial charge in [0.05, 0.1) is 6.54 Å². The highest BCUT2D eigenvalue weighted by atomic mass is 19.2. The molecule has 1 saturated heterocycles. The van der Waals surface area contributed by atoms with Crippen molar-refractivity contribution in [3.05, 3.63) is 52.3 Å². The topological polar surface area (TPSA) is 76.5 Å². The molecule has 0 radical (unpaired) electrons. The van der Waals surface area contributed by atoms with Gasteiger partial charge in [0, 0.05) is 32.1 Å². The third-order valence-electron chi connectivity index (χ3n) is 3.82. The van der Waals surface area contributed by atoms with Gasteiger partial charge in [0.15, 0.2) is 17.5 Å². The molecule has 0 bridgehead atoms. The van der Waals surface area contributed by atoms with Crippen LogP contribution >= 0.6 is 0 Å². The number of nitrogens with one attached hydrogen (secondary N) is 1. The molecule has 1 aromatic carbocycles. The van der Waals surface area contributed by atoms with Crippen molar-refractivity contribution in [2.45, 2.75) is 12.5 Å². The van der Waals surface area contributed by atoms with Crippen molar-refractivity contribution >= 4 is 11.8 Å². The number of carbonyl (C=O) groups is 1. The molecule has 2 amide bonds. The number of amides is 2. The van der Waals surface area contributed by atoms with Gasteiger partial charge in [-0.15, -0.1) is 0 Å². The van der Waals surface area contributed by atoms with E-state index in [0.29, 0.717) is 19.5 Å². The van der Waals surface area contributed by atoms with Gasteiger partial charge >= 0.3 is 6.03 Å². The summed E-state index contributed by atoms with van der Waals surface area (Å²) in [5.41, 5.74) is -0.279. The predicted molar refractivity (Wildman–Crippen MR) is 85.5 cm³/mol. The van der Waals surface area contributed by atoms with Gasteiger partial charge in [-0.2, -0.15) is 5.10 Å². The second-order valence-corrected chi connectivity index (χ2v) is 5.66. The van der Waals surface area contributed by atoms with Crippen LogP contribution in [-0.2, 0) is 7.05 Å². The predicted octanol–water partition coefficient (Wildman–Crippen LogP) is 1.74. The maximum absolute atomic E-state index is 13.2. The van der Waals surface area contributed by atoms with E-state index in [4.69, 9.17) is 4.74 Å². The van der Waals surface area contributed by atoms with Crippen molar-refractivity contribution in [2.75, 3.05) is 18.4 Å². The van der Waals surface area contributed by atoms with Gasteiger partial charge < -0.3 is 9.64 Å². The fourth-order valence-corrected chi connectivity index (χ4v) is 2.51. The highest BCUT2D eigenvalue weighted by Gasteiger charge is 2.28. The first-order valence-corrected chi connectivity index (χ1v) is 7.64. The minimum atomic E-state index is -0.981. The quantitative estimate of drug-likeness (QED) is 0.915. The molecular weight excluding hydrogens is 334 g/mol. The molecule has 9 heteroatoms. The lowest BCUT2D eigenvalue weighted by Crippen LogP contribution is -2.35. The summed E-state index contributed by atoms with van der Waals surface area (Å²) in [5.74, 6) is -1.45. The number of carbonyl (C=O) groups excluding carboxylic acids is 1. The summed E-state index contributed by atoms with van der Waals surface area (Å²) >= 11 is 0. The van der Waals surface area contributed by atoms with Crippen LogP contribution in [0.5, 0.6) is 5.75 Å². The molecule has 7 nitrogen and oxygen atoms in total. The number of hydrogen-bond acceptors (Lipinski definition) is 4. The maximum Gasteiger partial charge on any atom is 0.323 e. The molecule has 1 aromatic heterocycles. The minimum Gasteiger partial charge on any atom is -0.488 e. The van der Waals surface area contributed by atoms with Crippen molar-refractivity contribution < 1.29 is 18.3 Å². The summed E-state index contributed by atoms with van der Waals surface area (Å²) in [6.07, 6.45) is 0.247. The monoisotopic (exact) mass is 350 g/mol. The number of urea groups is 1. The van der Waals surface area contributed by atoms with Crippen molar-refractivity contribution in [3.8, 4) is 5.75 Å². The average Bonchev–Trinajstić information content (AvgIpc) is 3.03. The molecule has 132 valence electrons. The summed E-state index contributed by atoms with van der Waals surface area (Å²) in [5, 5.41) is 6.53. The summed E-state index contributed by atoms with van der Waals surface area (Å²) < 4.78 is 32.8. The molecule has 2 heterocycles. The van der Waals surface area contributed by atoms with E-state index in [2.05, 4.69) is 10.4 Å². The summed E-state index contributed by atoms with van der Waals surface area (Å²) in [6, 6.07) is 5.67. The Kier molecular flexibility index (Phi) is 4.64. The molecule has 1 unspecified atom stereocenters. The van der Waals surface area contributed by atoms with Crippen molar-refractivity contribution in [2.24, 2.45) is 7.05 Å². The summed E-state index contributed by atoms with van der Waals surface area (Å²) in [4.78, 5) is 25.0. The van der Waals surface area contributed by atoms with Gasteiger partial charge in [-0.05, 0) is 18.2 Å². The zero-order valence-electron chi connectivity index (χ0n) is 13.4. The number of ether oxygens (including phenoxy) is 1. The van der Waals surface area contributed by atoms with Crippen LogP contribution in [0.4, 0.5) is 19.4 Å². The average molecular weight is 350 g/mol. The number of nitrogens with zero attached hydrogens (tertiary/aromatic N) is 3. The van der Waals surface area contributed by atoms with E-state index in [-0.39, 0.29) is 29.3 Å². The SMILES string of the molecule is Cn1nc(NC(=O)N2CCC(Oc3ccc(F)c(F)c3)C2)ccc1=O. The Hall–Kier alpha value is -2.97. The van der Waals surface area contributed by atoms with Crippen LogP contribution in [-0.4, -0.2) is 39.9 Å². The molecule has 1 fully saturated rings. The first-order valence-electron chi connectivity index (χ1n) is 7.64. The molecule has 0 aliphatic carbocycles. The molecule has 3 rings (SSSR count). The third kappa shape index (κ3) is 3.93. The van der Waals surface area contributed by atoms with Gasteiger partial charge in [0.2, 0.25) is 0 Å². The first-order chi connectivity index (χ1) is 11.9. The van der Waals surface area contributed by atoms with E-state index in [1.165, 1.54) is 30.1 Å². The largest absolute Gasteiger partial charge is 0.488 e. The van der Waals surface area contributed by atoms with E-state index in [0.717, 1.165) is 16.8 Å². The lowest BCUT2D eigenvalue weighted by Gasteiger charge is -2.17.